The van der Waals surface area contributed by atoms with E-state index in [4.69, 9.17) is 0 Å². The molecule has 0 radical (unpaired) electrons. The average Bonchev–Trinajstić information content (AvgIpc) is 3.29. The molecule has 2 aliphatic carbocycles. The van der Waals surface area contributed by atoms with E-state index in [-0.39, 0.29) is 129 Å². The molecule has 2 fully saturated rings. The van der Waals surface area contributed by atoms with E-state index in [0.29, 0.717) is 0 Å². The molecule has 0 aromatic carbocycles. The summed E-state index contributed by atoms with van der Waals surface area (Å²) in [7, 11) is 0. The number of carbonyl (C=O) groups is 2. The molecular formula is C12H18B2F6K2O4. The summed E-state index contributed by atoms with van der Waals surface area (Å²) in [6.45, 7) is -6.24. The van der Waals surface area contributed by atoms with Crippen LogP contribution in [0.3, 0.4) is 0 Å². The number of esters is 2. The van der Waals surface area contributed by atoms with Crippen molar-refractivity contribution in [3.8, 4) is 0 Å². The zero-order valence-electron chi connectivity index (χ0n) is 15.2. The summed E-state index contributed by atoms with van der Waals surface area (Å²) in [5.74, 6) is -6.04. The third-order valence-corrected chi connectivity index (χ3v) is 3.83. The van der Waals surface area contributed by atoms with Gasteiger partial charge in [-0.05, 0) is 13.8 Å². The monoisotopic (exact) mass is 440 g/mol. The summed E-state index contributed by atoms with van der Waals surface area (Å²) in [6.07, 6.45) is -0.162. The van der Waals surface area contributed by atoms with E-state index in [2.05, 4.69) is 9.47 Å². The predicted octanol–water partition coefficient (Wildman–Crippen LogP) is -2.42. The van der Waals surface area contributed by atoms with Gasteiger partial charge < -0.3 is 35.4 Å². The molecule has 140 valence electrons. The van der Waals surface area contributed by atoms with Gasteiger partial charge in [-0.15, -0.1) is 0 Å². The van der Waals surface area contributed by atoms with Gasteiger partial charge in [0.15, 0.2) is 0 Å². The average molecular weight is 440 g/mol. The van der Waals surface area contributed by atoms with Gasteiger partial charge in [0.1, 0.15) is 0 Å². The fourth-order valence-corrected chi connectivity index (χ4v) is 2.31. The van der Waals surface area contributed by atoms with Crippen molar-refractivity contribution < 1.29 is 148 Å². The molecule has 14 heteroatoms. The molecule has 2 aliphatic rings. The molecule has 0 unspecified atom stereocenters. The largest absolute Gasteiger partial charge is 1.00 e. The van der Waals surface area contributed by atoms with E-state index in [1.54, 1.807) is 13.8 Å². The van der Waals surface area contributed by atoms with E-state index < -0.39 is 49.4 Å². The van der Waals surface area contributed by atoms with Crippen LogP contribution >= 0.6 is 0 Å². The second-order valence-electron chi connectivity index (χ2n) is 5.77. The Morgan fingerprint density at radius 3 is 1.19 bits per heavy atom. The van der Waals surface area contributed by atoms with Gasteiger partial charge in [0.05, 0.1) is 13.2 Å². The third-order valence-electron chi connectivity index (χ3n) is 3.83. The number of hydrogen-bond donors (Lipinski definition) is 0. The first-order valence-corrected chi connectivity index (χ1v) is 7.66. The fraction of sp³-hybridized carbons (Fsp3) is 0.833. The van der Waals surface area contributed by atoms with Gasteiger partial charge in [-0.25, -0.2) is 0 Å². The van der Waals surface area contributed by atoms with Crippen molar-refractivity contribution in [1.82, 2.24) is 0 Å². The molecule has 4 nitrogen and oxygen atoms in total. The fourth-order valence-electron chi connectivity index (χ4n) is 2.31. The molecule has 2 rings (SSSR count). The topological polar surface area (TPSA) is 52.6 Å². The zero-order valence-corrected chi connectivity index (χ0v) is 21.4. The first-order valence-electron chi connectivity index (χ1n) is 7.66. The van der Waals surface area contributed by atoms with Crippen LogP contribution < -0.4 is 103 Å². The Morgan fingerprint density at radius 1 is 0.769 bits per heavy atom. The number of rotatable bonds is 6. The molecule has 0 N–H and O–H groups in total. The van der Waals surface area contributed by atoms with Crippen LogP contribution in [0.15, 0.2) is 0 Å². The van der Waals surface area contributed by atoms with E-state index in [0.717, 1.165) is 0 Å². The summed E-state index contributed by atoms with van der Waals surface area (Å²) in [5.41, 5.74) is 0. The molecule has 0 bridgehead atoms. The van der Waals surface area contributed by atoms with Crippen molar-refractivity contribution in [2.24, 2.45) is 11.8 Å². The summed E-state index contributed by atoms with van der Waals surface area (Å²) in [4.78, 5) is 21.5. The van der Waals surface area contributed by atoms with Crippen molar-refractivity contribution in [3.05, 3.63) is 0 Å². The van der Waals surface area contributed by atoms with Gasteiger partial charge >= 0.3 is 129 Å². The van der Waals surface area contributed by atoms with E-state index in [9.17, 15) is 35.5 Å². The number of hydrogen-bond acceptors (Lipinski definition) is 4. The Balaban J connectivity index is 0. The van der Waals surface area contributed by atoms with Crippen molar-refractivity contribution in [3.63, 3.8) is 0 Å². The van der Waals surface area contributed by atoms with Gasteiger partial charge in [0, 0.05) is 11.8 Å². The van der Waals surface area contributed by atoms with Crippen LogP contribution in [-0.4, -0.2) is 39.1 Å². The van der Waals surface area contributed by atoms with Gasteiger partial charge in [0.2, 0.25) is 0 Å². The molecule has 0 saturated heterocycles. The maximum Gasteiger partial charge on any atom is 1.00 e. The predicted molar refractivity (Wildman–Crippen MR) is 75.1 cm³/mol. The standard InChI is InChI=1S/2C6H9BF3O2.2K/c2*1-2-12-6(11)4-3-5(4)7(8,9)10;;/h2*4-5H,2-3H2,1H3;;/q2*-1;2*+1/t2*4-,5+;;/m10../s1. The number of ether oxygens (including phenoxy) is 2. The summed E-state index contributed by atoms with van der Waals surface area (Å²) in [5, 5.41) is 0. The van der Waals surface area contributed by atoms with E-state index >= 15 is 0 Å². The summed E-state index contributed by atoms with van der Waals surface area (Å²) in [6, 6.07) is 0. The Morgan fingerprint density at radius 2 is 1.04 bits per heavy atom. The summed E-state index contributed by atoms with van der Waals surface area (Å²) < 4.78 is 80.6. The van der Waals surface area contributed by atoms with E-state index in [1.165, 1.54) is 0 Å². The molecule has 0 amide bonds. The second-order valence-corrected chi connectivity index (χ2v) is 5.77. The smallest absolute Gasteiger partial charge is 0.466 e. The molecule has 26 heavy (non-hydrogen) atoms. The SMILES string of the molecule is CCOC(=O)[C@@H]1C[C@@H]1[B-](F)(F)F.CCOC(=O)[C@H]1C[C@H]1[B-](F)(F)F.[K+].[K+]. The Labute approximate surface area is 233 Å². The first-order chi connectivity index (χ1) is 10.9. The van der Waals surface area contributed by atoms with Crippen LogP contribution in [-0.2, 0) is 19.1 Å². The minimum atomic E-state index is -4.84. The van der Waals surface area contributed by atoms with Gasteiger partial charge in [-0.3, -0.25) is 9.59 Å². The second kappa shape index (κ2) is 12.6. The Hall–Kier alpha value is 1.92. The number of carbonyl (C=O) groups excluding carboxylic acids is 2. The van der Waals surface area contributed by atoms with Gasteiger partial charge in [-0.1, -0.05) is 24.5 Å². The molecule has 2 saturated carbocycles. The molecule has 0 heterocycles. The summed E-state index contributed by atoms with van der Waals surface area (Å²) >= 11 is 0. The van der Waals surface area contributed by atoms with Gasteiger partial charge in [-0.2, -0.15) is 0 Å². The minimum absolute atomic E-state index is 0. The normalized spacial score (nSPS) is 26.2. The zero-order chi connectivity index (χ0) is 18.7. The molecule has 0 aliphatic heterocycles. The molecule has 4 atom stereocenters. The molecule has 0 aromatic heterocycles. The Bertz CT molecular complexity index is 436. The van der Waals surface area contributed by atoms with E-state index in [1.807, 2.05) is 0 Å². The van der Waals surface area contributed by atoms with Crippen LogP contribution in [0.4, 0.5) is 25.9 Å². The maximum absolute atomic E-state index is 11.9. The Kier molecular flexibility index (Phi) is 14.6. The van der Waals surface area contributed by atoms with Crippen LogP contribution in [0.25, 0.3) is 0 Å². The van der Waals surface area contributed by atoms with Crippen molar-refractivity contribution in [2.75, 3.05) is 13.2 Å². The number of halogens is 6. The van der Waals surface area contributed by atoms with Crippen LogP contribution in [0.5, 0.6) is 0 Å². The first kappa shape index (κ1) is 30.1. The van der Waals surface area contributed by atoms with Gasteiger partial charge in [0.25, 0.3) is 0 Å². The van der Waals surface area contributed by atoms with Crippen LogP contribution in [0.1, 0.15) is 26.7 Å². The van der Waals surface area contributed by atoms with Crippen LogP contribution in [0.2, 0.25) is 11.6 Å². The quantitative estimate of drug-likeness (QED) is 0.263. The molecule has 0 spiro atoms. The minimum Gasteiger partial charge on any atom is -0.466 e. The molecule has 0 aromatic rings. The third kappa shape index (κ3) is 10.1. The molecular weight excluding hydrogens is 422 g/mol. The van der Waals surface area contributed by atoms with Crippen molar-refractivity contribution in [1.29, 1.82) is 0 Å². The maximum atomic E-state index is 11.9. The van der Waals surface area contributed by atoms with Crippen LogP contribution in [0, 0.1) is 11.8 Å². The van der Waals surface area contributed by atoms with Crippen molar-refractivity contribution in [2.45, 2.75) is 38.3 Å². The van der Waals surface area contributed by atoms with Crippen molar-refractivity contribution >= 4 is 25.9 Å².